The maximum atomic E-state index is 5.47. The molecule has 1 aliphatic carbocycles. The summed E-state index contributed by atoms with van der Waals surface area (Å²) in [6, 6.07) is 0.272. The van der Waals surface area contributed by atoms with Crippen LogP contribution in [-0.4, -0.2) is 16.7 Å². The lowest BCUT2D eigenvalue weighted by molar-refractivity contribution is 0.305. The summed E-state index contributed by atoms with van der Waals surface area (Å²) >= 11 is 0. The number of aromatic nitrogens is 2. The Kier molecular flexibility index (Phi) is 3.14. The molecule has 1 saturated heterocycles. The highest BCUT2D eigenvalue weighted by atomic mass is 16.5. The van der Waals surface area contributed by atoms with E-state index in [4.69, 9.17) is 4.52 Å². The van der Waals surface area contributed by atoms with Crippen LogP contribution in [0.4, 0.5) is 0 Å². The fourth-order valence-corrected chi connectivity index (χ4v) is 2.85. The average Bonchev–Trinajstić information content (AvgIpc) is 2.74. The van der Waals surface area contributed by atoms with Gasteiger partial charge in [-0.3, -0.25) is 0 Å². The van der Waals surface area contributed by atoms with Crippen molar-refractivity contribution < 1.29 is 4.52 Å². The van der Waals surface area contributed by atoms with E-state index in [1.165, 1.54) is 32.1 Å². The van der Waals surface area contributed by atoms with Gasteiger partial charge in [0.1, 0.15) is 0 Å². The first kappa shape index (κ1) is 12.2. The Hall–Kier alpha value is -0.900. The molecule has 0 amide bonds. The van der Waals surface area contributed by atoms with Crippen molar-refractivity contribution in [3.63, 3.8) is 0 Å². The number of hydrogen-bond acceptors (Lipinski definition) is 4. The second kappa shape index (κ2) is 4.65. The molecular weight excluding hydrogens is 226 g/mol. The molecule has 0 radical (unpaired) electrons. The van der Waals surface area contributed by atoms with Crippen molar-refractivity contribution in [2.45, 2.75) is 64.3 Å². The van der Waals surface area contributed by atoms with Gasteiger partial charge in [0.2, 0.25) is 5.89 Å². The van der Waals surface area contributed by atoms with Crippen LogP contribution in [0.1, 0.15) is 76.0 Å². The topological polar surface area (TPSA) is 51.0 Å². The third-order valence-electron chi connectivity index (χ3n) is 4.39. The molecule has 2 unspecified atom stereocenters. The normalized spacial score (nSPS) is 31.7. The van der Waals surface area contributed by atoms with Gasteiger partial charge in [-0.2, -0.15) is 4.98 Å². The van der Waals surface area contributed by atoms with Crippen LogP contribution in [0.15, 0.2) is 4.52 Å². The smallest absolute Gasteiger partial charge is 0.243 e. The van der Waals surface area contributed by atoms with Crippen LogP contribution >= 0.6 is 0 Å². The van der Waals surface area contributed by atoms with Gasteiger partial charge in [0.25, 0.3) is 0 Å². The van der Waals surface area contributed by atoms with Crippen LogP contribution in [0, 0.1) is 5.41 Å². The zero-order valence-corrected chi connectivity index (χ0v) is 11.4. The summed E-state index contributed by atoms with van der Waals surface area (Å²) in [6.07, 6.45) is 7.48. The Labute approximate surface area is 109 Å². The third kappa shape index (κ3) is 2.44. The van der Waals surface area contributed by atoms with Crippen LogP contribution in [0.5, 0.6) is 0 Å². The van der Waals surface area contributed by atoms with Gasteiger partial charge in [0, 0.05) is 5.92 Å². The quantitative estimate of drug-likeness (QED) is 0.874. The van der Waals surface area contributed by atoms with Crippen molar-refractivity contribution in [1.29, 1.82) is 0 Å². The minimum Gasteiger partial charge on any atom is -0.338 e. The van der Waals surface area contributed by atoms with E-state index in [9.17, 15) is 0 Å². The van der Waals surface area contributed by atoms with Crippen molar-refractivity contribution >= 4 is 0 Å². The number of nitrogens with one attached hydrogen (secondary N) is 1. The molecule has 2 fully saturated rings. The summed E-state index contributed by atoms with van der Waals surface area (Å²) < 4.78 is 5.47. The maximum absolute atomic E-state index is 5.47. The third-order valence-corrected chi connectivity index (χ3v) is 4.39. The predicted octanol–water partition coefficient (Wildman–Crippen LogP) is 3.18. The molecule has 1 saturated carbocycles. The second-order valence-corrected chi connectivity index (χ2v) is 6.45. The molecule has 4 nitrogen and oxygen atoms in total. The molecule has 0 bridgehead atoms. The summed E-state index contributed by atoms with van der Waals surface area (Å²) in [5.41, 5.74) is 0.371. The maximum Gasteiger partial charge on any atom is 0.243 e. The Balaban J connectivity index is 1.68. The standard InChI is InChI=1S/C14H23N3O/c1-14(2)9-10(14)12-16-13(18-17-12)11-7-5-3-4-6-8-15-11/h10-11,15H,3-9H2,1-2H3. The Morgan fingerprint density at radius 1 is 1.22 bits per heavy atom. The Morgan fingerprint density at radius 2 is 2.00 bits per heavy atom. The fourth-order valence-electron chi connectivity index (χ4n) is 2.85. The van der Waals surface area contributed by atoms with Gasteiger partial charge in [0.05, 0.1) is 6.04 Å². The first-order valence-electron chi connectivity index (χ1n) is 7.24. The molecule has 2 atom stereocenters. The fraction of sp³-hybridized carbons (Fsp3) is 0.857. The van der Waals surface area contributed by atoms with E-state index in [0.29, 0.717) is 11.3 Å². The molecule has 1 aromatic heterocycles. The van der Waals surface area contributed by atoms with Crippen LogP contribution in [0.3, 0.4) is 0 Å². The highest BCUT2D eigenvalue weighted by Crippen LogP contribution is 2.57. The highest BCUT2D eigenvalue weighted by molar-refractivity contribution is 5.14. The van der Waals surface area contributed by atoms with Crippen molar-refractivity contribution in [3.8, 4) is 0 Å². The minimum atomic E-state index is 0.272. The zero-order chi connectivity index (χ0) is 12.6. The van der Waals surface area contributed by atoms with E-state index < -0.39 is 0 Å². The first-order valence-corrected chi connectivity index (χ1v) is 7.24. The van der Waals surface area contributed by atoms with Crippen molar-refractivity contribution in [2.24, 2.45) is 5.41 Å². The van der Waals surface area contributed by atoms with Gasteiger partial charge < -0.3 is 9.84 Å². The largest absolute Gasteiger partial charge is 0.338 e. The van der Waals surface area contributed by atoms with Crippen molar-refractivity contribution in [3.05, 3.63) is 11.7 Å². The van der Waals surface area contributed by atoms with Gasteiger partial charge in [-0.25, -0.2) is 0 Å². The minimum absolute atomic E-state index is 0.272. The molecule has 1 N–H and O–H groups in total. The number of rotatable bonds is 2. The summed E-state index contributed by atoms with van der Waals surface area (Å²) in [6.45, 7) is 5.60. The summed E-state index contributed by atoms with van der Waals surface area (Å²) in [4.78, 5) is 4.62. The van der Waals surface area contributed by atoms with Gasteiger partial charge in [-0.05, 0) is 31.2 Å². The lowest BCUT2D eigenvalue weighted by atomic mass is 10.0. The van der Waals surface area contributed by atoms with E-state index in [1.807, 2.05) is 0 Å². The van der Waals surface area contributed by atoms with Gasteiger partial charge in [-0.15, -0.1) is 0 Å². The molecule has 18 heavy (non-hydrogen) atoms. The van der Waals surface area contributed by atoms with Crippen LogP contribution in [0.2, 0.25) is 0 Å². The van der Waals surface area contributed by atoms with E-state index in [-0.39, 0.29) is 6.04 Å². The lowest BCUT2D eigenvalue weighted by Gasteiger charge is -2.17. The van der Waals surface area contributed by atoms with Gasteiger partial charge in [0.15, 0.2) is 5.82 Å². The average molecular weight is 249 g/mol. The van der Waals surface area contributed by atoms with E-state index in [1.54, 1.807) is 0 Å². The molecule has 2 heterocycles. The van der Waals surface area contributed by atoms with Crippen molar-refractivity contribution in [1.82, 2.24) is 15.5 Å². The molecule has 4 heteroatoms. The molecular formula is C14H23N3O. The van der Waals surface area contributed by atoms with Gasteiger partial charge >= 0.3 is 0 Å². The molecule has 100 valence electrons. The molecule has 1 aliphatic heterocycles. The van der Waals surface area contributed by atoms with E-state index in [0.717, 1.165) is 24.7 Å². The van der Waals surface area contributed by atoms with Crippen LogP contribution in [-0.2, 0) is 0 Å². The summed E-state index contributed by atoms with van der Waals surface area (Å²) in [5.74, 6) is 2.22. The molecule has 2 aliphatic rings. The Morgan fingerprint density at radius 3 is 2.78 bits per heavy atom. The molecule has 1 aromatic rings. The summed E-state index contributed by atoms with van der Waals surface area (Å²) in [7, 11) is 0. The van der Waals surface area contributed by atoms with Crippen molar-refractivity contribution in [2.75, 3.05) is 6.54 Å². The second-order valence-electron chi connectivity index (χ2n) is 6.45. The lowest BCUT2D eigenvalue weighted by Crippen LogP contribution is -2.24. The molecule has 3 rings (SSSR count). The SMILES string of the molecule is CC1(C)CC1c1noc(C2CCCCCCN2)n1. The van der Waals surface area contributed by atoms with E-state index in [2.05, 4.69) is 29.3 Å². The monoisotopic (exact) mass is 249 g/mol. The zero-order valence-electron chi connectivity index (χ0n) is 11.4. The van der Waals surface area contributed by atoms with E-state index >= 15 is 0 Å². The summed E-state index contributed by atoms with van der Waals surface area (Å²) in [5, 5.41) is 7.71. The predicted molar refractivity (Wildman–Crippen MR) is 69.3 cm³/mol. The number of hydrogen-bond donors (Lipinski definition) is 1. The Bertz CT molecular complexity index is 405. The first-order chi connectivity index (χ1) is 8.67. The van der Waals surface area contributed by atoms with Crippen LogP contribution in [0.25, 0.3) is 0 Å². The van der Waals surface area contributed by atoms with Crippen LogP contribution < -0.4 is 5.32 Å². The highest BCUT2D eigenvalue weighted by Gasteiger charge is 2.49. The molecule has 0 aromatic carbocycles. The van der Waals surface area contributed by atoms with Gasteiger partial charge in [-0.1, -0.05) is 38.3 Å². The molecule has 0 spiro atoms. The number of nitrogens with zero attached hydrogens (tertiary/aromatic N) is 2.